The van der Waals surface area contributed by atoms with Crippen LogP contribution in [0.3, 0.4) is 0 Å². The first kappa shape index (κ1) is 33.2. The smallest absolute Gasteiger partial charge is 0.439 e. The second-order valence-electron chi connectivity index (χ2n) is 12.4. The summed E-state index contributed by atoms with van der Waals surface area (Å²) in [7, 11) is 1.71. The number of fused-ring (bicyclic) bond motifs is 1. The van der Waals surface area contributed by atoms with Gasteiger partial charge >= 0.3 is 11.8 Å². The van der Waals surface area contributed by atoms with Gasteiger partial charge in [-0.2, -0.15) is 0 Å². The SMILES string of the molecule is Cc1ccc(-c2noc(=O)[nH]2)cc1NCC(=O)N(CCN(C(=O)OC(C)(C)C)C(C)C)CC(=O)N(C)N1Cc2ccccc2C1. The lowest BCUT2D eigenvalue weighted by Gasteiger charge is -2.33. The van der Waals surface area contributed by atoms with Crippen molar-refractivity contribution in [3.05, 3.63) is 69.7 Å². The molecule has 1 aromatic heterocycles. The average Bonchev–Trinajstić information content (AvgIpc) is 3.60. The quantitative estimate of drug-likeness (QED) is 0.328. The van der Waals surface area contributed by atoms with Crippen molar-refractivity contribution in [2.75, 3.05) is 38.5 Å². The van der Waals surface area contributed by atoms with E-state index in [1.807, 2.05) is 56.1 Å². The van der Waals surface area contributed by atoms with Gasteiger partial charge in [0, 0.05) is 50.5 Å². The minimum atomic E-state index is -0.680. The zero-order valence-corrected chi connectivity index (χ0v) is 27.0. The van der Waals surface area contributed by atoms with Gasteiger partial charge < -0.3 is 19.9 Å². The van der Waals surface area contributed by atoms with E-state index in [2.05, 4.69) is 20.0 Å². The van der Waals surface area contributed by atoms with Crippen LogP contribution >= 0.6 is 0 Å². The van der Waals surface area contributed by atoms with E-state index in [0.29, 0.717) is 24.3 Å². The van der Waals surface area contributed by atoms with E-state index >= 15 is 0 Å². The van der Waals surface area contributed by atoms with Crippen molar-refractivity contribution >= 4 is 23.6 Å². The lowest BCUT2D eigenvalue weighted by molar-refractivity contribution is -0.151. The Morgan fingerprint density at radius 2 is 1.73 bits per heavy atom. The van der Waals surface area contributed by atoms with Crippen LogP contribution in [0.2, 0.25) is 0 Å². The van der Waals surface area contributed by atoms with Gasteiger partial charge in [0.2, 0.25) is 5.91 Å². The molecule has 13 heteroatoms. The fraction of sp³-hybridized carbons (Fsp3) is 0.469. The number of aromatic amines is 1. The van der Waals surface area contributed by atoms with Crippen LogP contribution in [0.25, 0.3) is 11.4 Å². The zero-order valence-electron chi connectivity index (χ0n) is 27.0. The van der Waals surface area contributed by atoms with E-state index in [0.717, 1.165) is 16.7 Å². The van der Waals surface area contributed by atoms with Crippen molar-refractivity contribution in [1.82, 2.24) is 30.0 Å². The van der Waals surface area contributed by atoms with Crippen molar-refractivity contribution in [2.24, 2.45) is 0 Å². The third-order valence-corrected chi connectivity index (χ3v) is 7.53. The predicted octanol–water partition coefficient (Wildman–Crippen LogP) is 3.61. The van der Waals surface area contributed by atoms with Gasteiger partial charge in [0.25, 0.3) is 5.91 Å². The number of anilines is 1. The molecule has 2 N–H and O–H groups in total. The van der Waals surface area contributed by atoms with Crippen LogP contribution in [-0.4, -0.2) is 92.7 Å². The third-order valence-electron chi connectivity index (χ3n) is 7.53. The molecule has 0 saturated heterocycles. The van der Waals surface area contributed by atoms with Crippen LogP contribution in [0.1, 0.15) is 51.3 Å². The van der Waals surface area contributed by atoms with Crippen LogP contribution in [0, 0.1) is 6.92 Å². The molecule has 0 aliphatic carbocycles. The molecular weight excluding hydrogens is 578 g/mol. The summed E-state index contributed by atoms with van der Waals surface area (Å²) in [4.78, 5) is 57.2. The summed E-state index contributed by atoms with van der Waals surface area (Å²) in [6.45, 7) is 12.2. The highest BCUT2D eigenvalue weighted by atomic mass is 16.6. The molecule has 3 aromatic rings. The minimum absolute atomic E-state index is 0.111. The molecule has 13 nitrogen and oxygen atoms in total. The number of hydrogen-bond acceptors (Lipinski definition) is 9. The number of nitrogens with one attached hydrogen (secondary N) is 2. The highest BCUT2D eigenvalue weighted by Crippen LogP contribution is 2.24. The number of aromatic nitrogens is 2. The summed E-state index contributed by atoms with van der Waals surface area (Å²) in [5, 5.41) is 10.4. The molecular formula is C32H43N7O6. The summed E-state index contributed by atoms with van der Waals surface area (Å²) in [6, 6.07) is 13.2. The monoisotopic (exact) mass is 621 g/mol. The number of rotatable bonds is 11. The number of amides is 3. The van der Waals surface area contributed by atoms with Gasteiger partial charge in [-0.1, -0.05) is 41.6 Å². The van der Waals surface area contributed by atoms with Gasteiger partial charge in [-0.3, -0.25) is 24.1 Å². The lowest BCUT2D eigenvalue weighted by Crippen LogP contribution is -2.51. The van der Waals surface area contributed by atoms with Crippen molar-refractivity contribution in [3.63, 3.8) is 0 Å². The number of ether oxygens (including phenoxy) is 1. The van der Waals surface area contributed by atoms with Gasteiger partial charge in [0.05, 0.1) is 6.54 Å². The van der Waals surface area contributed by atoms with Crippen molar-refractivity contribution in [3.8, 4) is 11.4 Å². The van der Waals surface area contributed by atoms with Crippen LogP contribution in [0.15, 0.2) is 51.8 Å². The Labute approximate surface area is 263 Å². The van der Waals surface area contributed by atoms with E-state index in [1.54, 1.807) is 49.9 Å². The van der Waals surface area contributed by atoms with Crippen LogP contribution in [-0.2, 0) is 27.4 Å². The summed E-state index contributed by atoms with van der Waals surface area (Å²) < 4.78 is 10.2. The van der Waals surface area contributed by atoms with Gasteiger partial charge in [-0.05, 0) is 64.3 Å². The Morgan fingerprint density at radius 3 is 2.31 bits per heavy atom. The van der Waals surface area contributed by atoms with E-state index in [4.69, 9.17) is 4.74 Å². The summed E-state index contributed by atoms with van der Waals surface area (Å²) >= 11 is 0. The number of carbonyl (C=O) groups excluding carboxylic acids is 3. The maximum absolute atomic E-state index is 13.7. The lowest BCUT2D eigenvalue weighted by atomic mass is 10.1. The first-order valence-electron chi connectivity index (χ1n) is 15.0. The number of likely N-dealkylation sites (N-methyl/N-ethyl adjacent to an activating group) is 1. The molecule has 45 heavy (non-hydrogen) atoms. The Kier molecular flexibility index (Phi) is 10.3. The van der Waals surface area contributed by atoms with Crippen molar-refractivity contribution in [1.29, 1.82) is 0 Å². The van der Waals surface area contributed by atoms with Gasteiger partial charge in [-0.25, -0.2) is 14.6 Å². The second kappa shape index (κ2) is 14.0. The number of hydrazine groups is 1. The first-order valence-corrected chi connectivity index (χ1v) is 15.0. The zero-order chi connectivity index (χ0) is 32.9. The minimum Gasteiger partial charge on any atom is -0.444 e. The van der Waals surface area contributed by atoms with Gasteiger partial charge in [-0.15, -0.1) is 0 Å². The number of hydrogen-bond donors (Lipinski definition) is 2. The molecule has 1 aliphatic rings. The Hall–Kier alpha value is -4.65. The molecule has 0 bridgehead atoms. The van der Waals surface area contributed by atoms with E-state index in [-0.39, 0.29) is 49.9 Å². The first-order chi connectivity index (χ1) is 21.2. The van der Waals surface area contributed by atoms with E-state index in [9.17, 15) is 19.2 Å². The van der Waals surface area contributed by atoms with Crippen LogP contribution in [0.5, 0.6) is 0 Å². The van der Waals surface area contributed by atoms with Crippen molar-refractivity contribution < 1.29 is 23.6 Å². The molecule has 4 rings (SSSR count). The summed E-state index contributed by atoms with van der Waals surface area (Å²) in [6.07, 6.45) is -0.486. The molecule has 2 heterocycles. The maximum Gasteiger partial charge on any atom is 0.439 e. The second-order valence-corrected chi connectivity index (χ2v) is 12.4. The fourth-order valence-electron chi connectivity index (χ4n) is 4.95. The number of benzene rings is 2. The van der Waals surface area contributed by atoms with Gasteiger partial charge in [0.1, 0.15) is 12.1 Å². The third kappa shape index (κ3) is 8.72. The molecule has 0 radical (unpaired) electrons. The molecule has 3 amide bonds. The topological polar surface area (TPSA) is 144 Å². The number of nitrogens with zero attached hydrogens (tertiary/aromatic N) is 5. The highest BCUT2D eigenvalue weighted by molar-refractivity contribution is 5.87. The Bertz CT molecular complexity index is 1550. The molecule has 2 aromatic carbocycles. The molecule has 1 aliphatic heterocycles. The van der Waals surface area contributed by atoms with E-state index < -0.39 is 17.5 Å². The largest absolute Gasteiger partial charge is 0.444 e. The normalized spacial score (nSPS) is 13.0. The molecule has 0 spiro atoms. The van der Waals surface area contributed by atoms with Crippen molar-refractivity contribution in [2.45, 2.75) is 66.3 Å². The van der Waals surface area contributed by atoms with Crippen LogP contribution < -0.4 is 11.1 Å². The maximum atomic E-state index is 13.7. The van der Waals surface area contributed by atoms with Gasteiger partial charge in [0.15, 0.2) is 5.82 Å². The molecule has 0 atom stereocenters. The summed E-state index contributed by atoms with van der Waals surface area (Å²) in [5.74, 6) is -0.975. The standard InChI is InChI=1S/C32H43N7O6/c1-21(2)39(31(43)44-32(4,5)6)15-14-37(20-28(41)36(7)38-18-24-10-8-9-11-25(24)19-38)27(40)17-33-26-16-23(13-12-22(26)3)29-34-30(42)45-35-29/h8-13,16,21,33H,14-15,17-20H2,1-7H3,(H,34,35,42). The number of carbonyl (C=O) groups is 3. The van der Waals surface area contributed by atoms with Crippen LogP contribution in [0.4, 0.5) is 10.5 Å². The fourth-order valence-corrected chi connectivity index (χ4v) is 4.95. The summed E-state index contributed by atoms with van der Waals surface area (Å²) in [5.41, 5.74) is 3.76. The number of H-pyrrole nitrogens is 1. The molecule has 0 unspecified atom stereocenters. The Morgan fingerprint density at radius 1 is 1.07 bits per heavy atom. The molecule has 0 fully saturated rings. The molecule has 242 valence electrons. The number of aryl methyl sites for hydroxylation is 1. The molecule has 0 saturated carbocycles. The Balaban J connectivity index is 1.49. The predicted molar refractivity (Wildman–Crippen MR) is 169 cm³/mol. The highest BCUT2D eigenvalue weighted by Gasteiger charge is 2.29. The van der Waals surface area contributed by atoms with E-state index in [1.165, 1.54) is 4.90 Å². The average molecular weight is 622 g/mol.